The van der Waals surface area contributed by atoms with Crippen LogP contribution >= 0.6 is 0 Å². The summed E-state index contributed by atoms with van der Waals surface area (Å²) in [5.74, 6) is -6.96. The number of anilines is 1. The number of halogens is 5. The summed E-state index contributed by atoms with van der Waals surface area (Å²) in [5, 5.41) is 3.35. The minimum atomic E-state index is -1.62. The number of benzene rings is 2. The van der Waals surface area contributed by atoms with Crippen LogP contribution in [0.15, 0.2) is 35.4 Å². The van der Waals surface area contributed by atoms with Gasteiger partial charge in [-0.15, -0.1) is 0 Å². The Labute approximate surface area is 110 Å². The SMILES string of the molecule is Fc1ccccc1/C=N/Nc1c(F)c(F)cc(F)c1F. The molecule has 0 saturated carbocycles. The predicted molar refractivity (Wildman–Crippen MR) is 63.9 cm³/mol. The van der Waals surface area contributed by atoms with E-state index in [1.54, 1.807) is 0 Å². The molecule has 0 aromatic heterocycles. The van der Waals surface area contributed by atoms with Crippen LogP contribution in [0, 0.1) is 29.1 Å². The van der Waals surface area contributed by atoms with Crippen LogP contribution in [0.2, 0.25) is 0 Å². The van der Waals surface area contributed by atoms with Crippen molar-refractivity contribution in [3.63, 3.8) is 0 Å². The molecule has 20 heavy (non-hydrogen) atoms. The lowest BCUT2D eigenvalue weighted by Gasteiger charge is -2.05. The molecule has 0 amide bonds. The van der Waals surface area contributed by atoms with E-state index in [1.807, 2.05) is 5.43 Å². The topological polar surface area (TPSA) is 24.4 Å². The first-order chi connectivity index (χ1) is 9.50. The smallest absolute Gasteiger partial charge is 0.186 e. The van der Waals surface area contributed by atoms with Gasteiger partial charge in [0, 0.05) is 11.6 Å². The van der Waals surface area contributed by atoms with E-state index in [2.05, 4.69) is 5.10 Å². The van der Waals surface area contributed by atoms with Gasteiger partial charge < -0.3 is 0 Å². The highest BCUT2D eigenvalue weighted by Crippen LogP contribution is 2.23. The number of hydrogen-bond donors (Lipinski definition) is 1. The lowest BCUT2D eigenvalue weighted by Crippen LogP contribution is -2.03. The van der Waals surface area contributed by atoms with Gasteiger partial charge in [0.25, 0.3) is 0 Å². The van der Waals surface area contributed by atoms with Gasteiger partial charge in [-0.1, -0.05) is 18.2 Å². The quantitative estimate of drug-likeness (QED) is 0.394. The minimum Gasteiger partial charge on any atom is -0.272 e. The standard InChI is InChI=1S/C13H7F5N2/c14-8-4-2-1-3-7(8)6-19-20-13-11(17)9(15)5-10(16)12(13)18/h1-6,20H/b19-6+. The molecular formula is C13H7F5N2. The molecule has 0 saturated heterocycles. The van der Waals surface area contributed by atoms with E-state index in [9.17, 15) is 22.0 Å². The Kier molecular flexibility index (Phi) is 3.97. The first-order valence-electron chi connectivity index (χ1n) is 5.37. The molecular weight excluding hydrogens is 279 g/mol. The first kappa shape index (κ1) is 14.0. The molecule has 0 aliphatic heterocycles. The Balaban J connectivity index is 2.26. The molecule has 2 nitrogen and oxygen atoms in total. The molecule has 0 unspecified atom stereocenters. The van der Waals surface area contributed by atoms with Crippen LogP contribution in [0.25, 0.3) is 0 Å². The van der Waals surface area contributed by atoms with E-state index in [0.717, 1.165) is 12.3 Å². The first-order valence-corrected chi connectivity index (χ1v) is 5.37. The second-order valence-corrected chi connectivity index (χ2v) is 3.73. The lowest BCUT2D eigenvalue weighted by atomic mass is 10.2. The van der Waals surface area contributed by atoms with Crippen LogP contribution in [0.5, 0.6) is 0 Å². The van der Waals surface area contributed by atoms with Crippen molar-refractivity contribution in [1.82, 2.24) is 0 Å². The monoisotopic (exact) mass is 286 g/mol. The highest BCUT2D eigenvalue weighted by molar-refractivity contribution is 5.80. The molecule has 2 aromatic rings. The summed E-state index contributed by atoms with van der Waals surface area (Å²) in [4.78, 5) is 0. The molecule has 0 radical (unpaired) electrons. The lowest BCUT2D eigenvalue weighted by molar-refractivity contribution is 0.458. The van der Waals surface area contributed by atoms with Crippen molar-refractivity contribution < 1.29 is 22.0 Å². The highest BCUT2D eigenvalue weighted by Gasteiger charge is 2.18. The minimum absolute atomic E-state index is 0.0395. The van der Waals surface area contributed by atoms with Crippen molar-refractivity contribution in [3.05, 3.63) is 65.0 Å². The molecule has 0 spiro atoms. The molecule has 0 fully saturated rings. The average Bonchev–Trinajstić information content (AvgIpc) is 2.42. The van der Waals surface area contributed by atoms with E-state index in [0.29, 0.717) is 0 Å². The van der Waals surface area contributed by atoms with Gasteiger partial charge in [0.2, 0.25) is 0 Å². The third kappa shape index (κ3) is 2.76. The Morgan fingerprint density at radius 2 is 1.45 bits per heavy atom. The fourth-order valence-electron chi connectivity index (χ4n) is 1.42. The van der Waals surface area contributed by atoms with Gasteiger partial charge in [-0.3, -0.25) is 5.43 Å². The van der Waals surface area contributed by atoms with Crippen LogP contribution in [0.4, 0.5) is 27.6 Å². The van der Waals surface area contributed by atoms with E-state index in [1.165, 1.54) is 18.2 Å². The summed E-state index contributed by atoms with van der Waals surface area (Å²) in [6, 6.07) is 5.56. The maximum Gasteiger partial charge on any atom is 0.186 e. The summed E-state index contributed by atoms with van der Waals surface area (Å²) < 4.78 is 65.5. The van der Waals surface area contributed by atoms with Crippen LogP contribution in [0.3, 0.4) is 0 Å². The molecule has 0 aliphatic rings. The maximum atomic E-state index is 13.3. The van der Waals surface area contributed by atoms with E-state index in [4.69, 9.17) is 0 Å². The summed E-state index contributed by atoms with van der Waals surface area (Å²) in [6.45, 7) is 0. The summed E-state index contributed by atoms with van der Waals surface area (Å²) in [6.07, 6.45) is 0.928. The van der Waals surface area contributed by atoms with Crippen molar-refractivity contribution >= 4 is 11.9 Å². The molecule has 1 N–H and O–H groups in total. The van der Waals surface area contributed by atoms with E-state index >= 15 is 0 Å². The molecule has 2 rings (SSSR count). The van der Waals surface area contributed by atoms with Gasteiger partial charge in [-0.25, -0.2) is 22.0 Å². The Hall–Kier alpha value is -2.44. The molecule has 0 atom stereocenters. The highest BCUT2D eigenvalue weighted by atomic mass is 19.2. The zero-order valence-electron chi connectivity index (χ0n) is 9.80. The Bertz CT molecular complexity index is 644. The average molecular weight is 286 g/mol. The van der Waals surface area contributed by atoms with Crippen LogP contribution in [-0.4, -0.2) is 6.21 Å². The second-order valence-electron chi connectivity index (χ2n) is 3.73. The molecule has 2 aromatic carbocycles. The van der Waals surface area contributed by atoms with Crippen LogP contribution < -0.4 is 5.43 Å². The van der Waals surface area contributed by atoms with Crippen molar-refractivity contribution in [2.24, 2.45) is 5.10 Å². The third-order valence-corrected chi connectivity index (χ3v) is 2.40. The fraction of sp³-hybridized carbons (Fsp3) is 0. The van der Waals surface area contributed by atoms with Crippen molar-refractivity contribution in [2.75, 3.05) is 5.43 Å². The fourth-order valence-corrected chi connectivity index (χ4v) is 1.42. The van der Waals surface area contributed by atoms with E-state index < -0.39 is 34.8 Å². The zero-order chi connectivity index (χ0) is 14.7. The maximum absolute atomic E-state index is 13.3. The molecule has 104 valence electrons. The molecule has 0 aliphatic carbocycles. The Morgan fingerprint density at radius 3 is 2.05 bits per heavy atom. The van der Waals surface area contributed by atoms with Crippen LogP contribution in [-0.2, 0) is 0 Å². The van der Waals surface area contributed by atoms with Gasteiger partial charge in [0.15, 0.2) is 23.3 Å². The number of hydrazone groups is 1. The van der Waals surface area contributed by atoms with Gasteiger partial charge in [-0.05, 0) is 6.07 Å². The summed E-state index contributed by atoms with van der Waals surface area (Å²) >= 11 is 0. The predicted octanol–water partition coefficient (Wildman–Crippen LogP) is 3.83. The van der Waals surface area contributed by atoms with Crippen molar-refractivity contribution in [3.8, 4) is 0 Å². The van der Waals surface area contributed by atoms with Gasteiger partial charge >= 0.3 is 0 Å². The number of hydrogen-bond acceptors (Lipinski definition) is 2. The van der Waals surface area contributed by atoms with Crippen molar-refractivity contribution in [2.45, 2.75) is 0 Å². The summed E-state index contributed by atoms with van der Waals surface area (Å²) in [5.41, 5.74) is 0.763. The van der Waals surface area contributed by atoms with Crippen LogP contribution in [0.1, 0.15) is 5.56 Å². The third-order valence-electron chi connectivity index (χ3n) is 2.40. The molecule has 7 heteroatoms. The van der Waals surface area contributed by atoms with E-state index in [-0.39, 0.29) is 11.6 Å². The zero-order valence-corrected chi connectivity index (χ0v) is 9.80. The number of nitrogens with zero attached hydrogens (tertiary/aromatic N) is 1. The van der Waals surface area contributed by atoms with Gasteiger partial charge in [0.1, 0.15) is 11.5 Å². The number of nitrogens with one attached hydrogen (secondary N) is 1. The second kappa shape index (κ2) is 5.68. The Morgan fingerprint density at radius 1 is 0.850 bits per heavy atom. The largest absolute Gasteiger partial charge is 0.272 e. The van der Waals surface area contributed by atoms with Gasteiger partial charge in [-0.2, -0.15) is 5.10 Å². The molecule has 0 bridgehead atoms. The molecule has 0 heterocycles. The van der Waals surface area contributed by atoms with Gasteiger partial charge in [0.05, 0.1) is 6.21 Å². The normalized spacial score (nSPS) is 11.1. The number of rotatable bonds is 3. The summed E-state index contributed by atoms with van der Waals surface area (Å²) in [7, 11) is 0. The van der Waals surface area contributed by atoms with Crippen molar-refractivity contribution in [1.29, 1.82) is 0 Å².